The number of para-hydroxylation sites is 2. The predicted octanol–water partition coefficient (Wildman–Crippen LogP) is 3.61. The van der Waals surface area contributed by atoms with Crippen LogP contribution in [0, 0.1) is 0 Å². The molecule has 2 heterocycles. The number of likely N-dealkylation sites (N-methyl/N-ethyl adjacent to an activating group) is 1. The molecule has 1 aromatic heterocycles. The average Bonchev–Trinajstić information content (AvgIpc) is 3.15. The Labute approximate surface area is 153 Å². The number of nitrogens with zero attached hydrogens (tertiary/aromatic N) is 4. The maximum absolute atomic E-state index is 12.0. The summed E-state index contributed by atoms with van der Waals surface area (Å²) in [5.74, 6) is 0.931. The summed E-state index contributed by atoms with van der Waals surface area (Å²) in [4.78, 5) is 20.3. The van der Waals surface area contributed by atoms with Gasteiger partial charge in [0.15, 0.2) is 0 Å². The Balaban J connectivity index is 1.47. The summed E-state index contributed by atoms with van der Waals surface area (Å²) in [5, 5.41) is 0. The number of hydrogen-bond donors (Lipinski definition) is 0. The van der Waals surface area contributed by atoms with E-state index >= 15 is 0 Å². The SMILES string of the molecule is CN1CCN(Cc2ccc(/C=C/c3nc4ccccc4n3C)cc2)C1=O. The highest BCUT2D eigenvalue weighted by atomic mass is 16.2. The molecule has 0 unspecified atom stereocenters. The van der Waals surface area contributed by atoms with Crippen molar-refractivity contribution in [1.82, 2.24) is 19.4 Å². The van der Waals surface area contributed by atoms with E-state index in [1.807, 2.05) is 43.3 Å². The van der Waals surface area contributed by atoms with Gasteiger partial charge in [0.25, 0.3) is 0 Å². The van der Waals surface area contributed by atoms with Gasteiger partial charge in [-0.15, -0.1) is 0 Å². The number of benzene rings is 2. The van der Waals surface area contributed by atoms with Crippen molar-refractivity contribution in [3.63, 3.8) is 0 Å². The second-order valence-corrected chi connectivity index (χ2v) is 6.72. The second-order valence-electron chi connectivity index (χ2n) is 6.72. The van der Waals surface area contributed by atoms with Crippen LogP contribution >= 0.6 is 0 Å². The lowest BCUT2D eigenvalue weighted by molar-refractivity contribution is 0.197. The highest BCUT2D eigenvalue weighted by molar-refractivity contribution is 5.79. The maximum Gasteiger partial charge on any atom is 0.320 e. The van der Waals surface area contributed by atoms with Crippen LogP contribution in [0.25, 0.3) is 23.2 Å². The number of imidazole rings is 1. The molecule has 132 valence electrons. The van der Waals surface area contributed by atoms with Crippen molar-refractivity contribution in [3.8, 4) is 0 Å². The number of carbonyl (C=O) groups is 1. The van der Waals surface area contributed by atoms with Gasteiger partial charge in [-0.3, -0.25) is 0 Å². The fraction of sp³-hybridized carbons (Fsp3) is 0.238. The zero-order valence-electron chi connectivity index (χ0n) is 15.1. The first-order valence-corrected chi connectivity index (χ1v) is 8.80. The summed E-state index contributed by atoms with van der Waals surface area (Å²) in [6, 6.07) is 16.6. The summed E-state index contributed by atoms with van der Waals surface area (Å²) in [7, 11) is 3.87. The molecule has 0 aliphatic carbocycles. The van der Waals surface area contributed by atoms with Crippen LogP contribution in [0.2, 0.25) is 0 Å². The van der Waals surface area contributed by atoms with Crippen LogP contribution in [0.3, 0.4) is 0 Å². The molecule has 5 nitrogen and oxygen atoms in total. The van der Waals surface area contributed by atoms with Crippen LogP contribution in [-0.4, -0.2) is 45.5 Å². The van der Waals surface area contributed by atoms with Crippen molar-refractivity contribution in [2.75, 3.05) is 20.1 Å². The van der Waals surface area contributed by atoms with Crippen LogP contribution in [0.4, 0.5) is 4.79 Å². The van der Waals surface area contributed by atoms with Gasteiger partial charge in [-0.2, -0.15) is 0 Å². The molecule has 0 N–H and O–H groups in total. The Kier molecular flexibility index (Phi) is 4.21. The van der Waals surface area contributed by atoms with Crippen LogP contribution in [0.5, 0.6) is 0 Å². The lowest BCUT2D eigenvalue weighted by Crippen LogP contribution is -2.28. The molecule has 0 bridgehead atoms. The largest absolute Gasteiger partial charge is 0.328 e. The van der Waals surface area contributed by atoms with E-state index in [-0.39, 0.29) is 6.03 Å². The summed E-state index contributed by atoms with van der Waals surface area (Å²) in [6.07, 6.45) is 4.10. The molecule has 4 rings (SSSR count). The molecule has 0 spiro atoms. The van der Waals surface area contributed by atoms with Gasteiger partial charge in [0, 0.05) is 33.7 Å². The Hall–Kier alpha value is -3.08. The lowest BCUT2D eigenvalue weighted by Gasteiger charge is -2.15. The van der Waals surface area contributed by atoms with Gasteiger partial charge >= 0.3 is 6.03 Å². The number of fused-ring (bicyclic) bond motifs is 1. The molecule has 2 aromatic carbocycles. The predicted molar refractivity (Wildman–Crippen MR) is 105 cm³/mol. The van der Waals surface area contributed by atoms with E-state index in [4.69, 9.17) is 0 Å². The van der Waals surface area contributed by atoms with Gasteiger partial charge in [-0.05, 0) is 29.3 Å². The summed E-state index contributed by atoms with van der Waals surface area (Å²) in [6.45, 7) is 2.26. The Morgan fingerprint density at radius 1 is 1.00 bits per heavy atom. The minimum absolute atomic E-state index is 0.107. The number of hydrogen-bond acceptors (Lipinski definition) is 2. The number of amides is 2. The van der Waals surface area contributed by atoms with Gasteiger partial charge in [0.05, 0.1) is 11.0 Å². The van der Waals surface area contributed by atoms with E-state index in [0.29, 0.717) is 6.54 Å². The first-order valence-electron chi connectivity index (χ1n) is 8.80. The zero-order chi connectivity index (χ0) is 18.1. The summed E-state index contributed by atoms with van der Waals surface area (Å²) < 4.78 is 2.09. The molecule has 3 aromatic rings. The number of urea groups is 1. The lowest BCUT2D eigenvalue weighted by atomic mass is 10.1. The molecule has 1 aliphatic rings. The van der Waals surface area contributed by atoms with Crippen LogP contribution in [-0.2, 0) is 13.6 Å². The summed E-state index contributed by atoms with van der Waals surface area (Å²) >= 11 is 0. The van der Waals surface area contributed by atoms with E-state index in [0.717, 1.165) is 41.1 Å². The molecule has 1 aliphatic heterocycles. The van der Waals surface area contributed by atoms with Gasteiger partial charge in [0.2, 0.25) is 0 Å². The number of aryl methyl sites for hydroxylation is 1. The molecular weight excluding hydrogens is 324 g/mol. The van der Waals surface area contributed by atoms with E-state index in [1.165, 1.54) is 0 Å². The van der Waals surface area contributed by atoms with E-state index in [9.17, 15) is 4.79 Å². The Morgan fingerprint density at radius 2 is 1.77 bits per heavy atom. The molecule has 5 heteroatoms. The van der Waals surface area contributed by atoms with Crippen LogP contribution in [0.15, 0.2) is 48.5 Å². The second kappa shape index (κ2) is 6.67. The van der Waals surface area contributed by atoms with Crippen molar-refractivity contribution in [1.29, 1.82) is 0 Å². The first-order chi connectivity index (χ1) is 12.6. The molecule has 0 saturated carbocycles. The third-order valence-corrected chi connectivity index (χ3v) is 4.90. The standard InChI is InChI=1S/C21H22N4O/c1-23-13-14-25(21(23)26)15-17-9-7-16(8-10-17)11-12-20-22-18-5-3-4-6-19(18)24(20)2/h3-12H,13-15H2,1-2H3/b12-11+. The van der Waals surface area contributed by atoms with Crippen molar-refractivity contribution in [3.05, 3.63) is 65.5 Å². The zero-order valence-corrected chi connectivity index (χ0v) is 15.1. The maximum atomic E-state index is 12.0. The first kappa shape index (κ1) is 16.4. The third kappa shape index (κ3) is 3.08. The quantitative estimate of drug-likeness (QED) is 0.724. The Morgan fingerprint density at radius 3 is 2.46 bits per heavy atom. The molecule has 1 fully saturated rings. The van der Waals surface area contributed by atoms with Crippen molar-refractivity contribution in [2.45, 2.75) is 6.54 Å². The molecule has 0 radical (unpaired) electrons. The van der Waals surface area contributed by atoms with Crippen molar-refractivity contribution >= 4 is 29.2 Å². The third-order valence-electron chi connectivity index (χ3n) is 4.90. The van der Waals surface area contributed by atoms with Gasteiger partial charge < -0.3 is 14.4 Å². The molecule has 2 amide bonds. The normalized spacial score (nSPS) is 14.9. The van der Waals surface area contributed by atoms with Crippen molar-refractivity contribution in [2.24, 2.45) is 7.05 Å². The Bertz CT molecular complexity index is 971. The monoisotopic (exact) mass is 346 g/mol. The van der Waals surface area contributed by atoms with E-state index in [1.54, 1.807) is 4.90 Å². The van der Waals surface area contributed by atoms with Gasteiger partial charge in [0.1, 0.15) is 5.82 Å². The smallest absolute Gasteiger partial charge is 0.320 e. The van der Waals surface area contributed by atoms with Crippen LogP contribution in [0.1, 0.15) is 17.0 Å². The number of carbonyl (C=O) groups excluding carboxylic acids is 1. The van der Waals surface area contributed by atoms with Crippen molar-refractivity contribution < 1.29 is 4.79 Å². The highest BCUT2D eigenvalue weighted by Gasteiger charge is 2.24. The molecular formula is C21H22N4O. The number of rotatable bonds is 4. The topological polar surface area (TPSA) is 41.4 Å². The summed E-state index contributed by atoms with van der Waals surface area (Å²) in [5.41, 5.74) is 4.40. The van der Waals surface area contributed by atoms with Gasteiger partial charge in [-0.1, -0.05) is 42.5 Å². The molecule has 0 atom stereocenters. The van der Waals surface area contributed by atoms with Crippen LogP contribution < -0.4 is 0 Å². The molecule has 26 heavy (non-hydrogen) atoms. The number of aromatic nitrogens is 2. The highest BCUT2D eigenvalue weighted by Crippen LogP contribution is 2.17. The van der Waals surface area contributed by atoms with E-state index in [2.05, 4.69) is 46.0 Å². The molecule has 1 saturated heterocycles. The average molecular weight is 346 g/mol. The van der Waals surface area contributed by atoms with Gasteiger partial charge in [-0.25, -0.2) is 9.78 Å². The van der Waals surface area contributed by atoms with E-state index < -0.39 is 0 Å². The minimum atomic E-state index is 0.107. The minimum Gasteiger partial charge on any atom is -0.328 e. The fourth-order valence-electron chi connectivity index (χ4n) is 3.29. The fourth-order valence-corrected chi connectivity index (χ4v) is 3.29.